The first-order chi connectivity index (χ1) is 32.6. The molecule has 2 aromatic heterocycles. The summed E-state index contributed by atoms with van der Waals surface area (Å²) in [5.74, 6) is -1.02. The van der Waals surface area contributed by atoms with Crippen LogP contribution < -0.4 is 0 Å². The molecule has 0 radical (unpaired) electrons. The van der Waals surface area contributed by atoms with Gasteiger partial charge in [0.1, 0.15) is 11.2 Å². The Balaban J connectivity index is 1.10. The molecular weight excluding hydrogens is 854 g/mol. The van der Waals surface area contributed by atoms with Crippen molar-refractivity contribution in [2.45, 2.75) is 69.0 Å². The summed E-state index contributed by atoms with van der Waals surface area (Å²) in [6.07, 6.45) is -4.15. The van der Waals surface area contributed by atoms with E-state index in [2.05, 4.69) is 41.6 Å². The van der Waals surface area contributed by atoms with Crippen LogP contribution in [0, 0.1) is 0 Å². The standard InChI is InChI=1S/C54H47F3N6O4/c1-3-47(67-51(65)53(66-2,54(55,56)57)42-26-14-7-15-27-42)50-58-45-30-18-19-31-46(64)48(45)62(50)36-37-32-34-38(35-33-37)43-28-16-17-29-44(43)49-59-60-61-63(49)52(39-20-8-4-9-21-39,40-22-10-5-11-23-40)41-24-12-6-13-25-41/h4-17,20-29,32-35,47H,3,18-19,30-31,36H2,1-2H3/t47-,53-/m0/s1. The van der Waals surface area contributed by atoms with Crippen molar-refractivity contribution in [2.24, 2.45) is 0 Å². The van der Waals surface area contributed by atoms with Gasteiger partial charge >= 0.3 is 12.1 Å². The van der Waals surface area contributed by atoms with Gasteiger partial charge in [0.2, 0.25) is 0 Å². The number of benzene rings is 6. The number of hydrogen-bond donors (Lipinski definition) is 0. The second-order valence-corrected chi connectivity index (χ2v) is 16.5. The molecule has 338 valence electrons. The van der Waals surface area contributed by atoms with Crippen LogP contribution in [-0.4, -0.2) is 54.8 Å². The first-order valence-electron chi connectivity index (χ1n) is 22.3. The average molecular weight is 901 g/mol. The van der Waals surface area contributed by atoms with Gasteiger partial charge in [-0.3, -0.25) is 4.79 Å². The van der Waals surface area contributed by atoms with E-state index in [0.29, 0.717) is 42.9 Å². The lowest BCUT2D eigenvalue weighted by Crippen LogP contribution is -2.52. The zero-order valence-corrected chi connectivity index (χ0v) is 36.9. The molecule has 0 unspecified atom stereocenters. The summed E-state index contributed by atoms with van der Waals surface area (Å²) >= 11 is 0. The van der Waals surface area contributed by atoms with Gasteiger partial charge < -0.3 is 14.0 Å². The van der Waals surface area contributed by atoms with Crippen molar-refractivity contribution in [1.29, 1.82) is 0 Å². The minimum atomic E-state index is -5.16. The van der Waals surface area contributed by atoms with E-state index >= 15 is 0 Å². The van der Waals surface area contributed by atoms with E-state index in [1.807, 2.05) is 108 Å². The molecule has 8 aromatic rings. The number of rotatable bonds is 14. The number of aromatic nitrogens is 6. The van der Waals surface area contributed by atoms with Crippen molar-refractivity contribution in [3.8, 4) is 22.5 Å². The number of methoxy groups -OCH3 is 1. The number of carbonyl (C=O) groups is 2. The third kappa shape index (κ3) is 8.03. The Morgan fingerprint density at radius 1 is 0.687 bits per heavy atom. The maximum Gasteiger partial charge on any atom is 0.432 e. The van der Waals surface area contributed by atoms with E-state index in [1.165, 1.54) is 24.3 Å². The third-order valence-electron chi connectivity index (χ3n) is 12.6. The minimum absolute atomic E-state index is 0.0809. The van der Waals surface area contributed by atoms with Gasteiger partial charge in [0.25, 0.3) is 5.60 Å². The highest BCUT2D eigenvalue weighted by Crippen LogP contribution is 2.46. The summed E-state index contributed by atoms with van der Waals surface area (Å²) < 4.78 is 59.3. The Labute approximate surface area is 386 Å². The van der Waals surface area contributed by atoms with Crippen LogP contribution in [0.1, 0.15) is 88.5 Å². The van der Waals surface area contributed by atoms with E-state index in [4.69, 9.17) is 24.8 Å². The Hall–Kier alpha value is -7.51. The zero-order chi connectivity index (χ0) is 46.6. The first kappa shape index (κ1) is 44.7. The number of imidazole rings is 1. The molecule has 2 heterocycles. The molecule has 1 aliphatic carbocycles. The molecule has 0 bridgehead atoms. The number of Topliss-reactive ketones (excluding diaryl/α,β-unsaturated/α-hetero) is 1. The average Bonchev–Trinajstić information content (AvgIpc) is 3.94. The number of aryl methyl sites for hydroxylation is 1. The number of fused-ring (bicyclic) bond motifs is 1. The number of nitrogens with zero attached hydrogens (tertiary/aromatic N) is 6. The number of esters is 1. The maximum absolute atomic E-state index is 15.0. The predicted octanol–water partition coefficient (Wildman–Crippen LogP) is 11.1. The molecule has 2 atom stereocenters. The van der Waals surface area contributed by atoms with Gasteiger partial charge in [-0.1, -0.05) is 177 Å². The zero-order valence-electron chi connectivity index (χ0n) is 36.9. The van der Waals surface area contributed by atoms with Gasteiger partial charge in [-0.15, -0.1) is 5.10 Å². The number of ketones is 1. The molecule has 6 aromatic carbocycles. The van der Waals surface area contributed by atoms with E-state index in [9.17, 15) is 22.8 Å². The van der Waals surface area contributed by atoms with Crippen molar-refractivity contribution < 1.29 is 32.2 Å². The summed E-state index contributed by atoms with van der Waals surface area (Å²) in [4.78, 5) is 32.5. The molecule has 0 N–H and O–H groups in total. The molecule has 67 heavy (non-hydrogen) atoms. The second-order valence-electron chi connectivity index (χ2n) is 16.5. The van der Waals surface area contributed by atoms with E-state index in [-0.39, 0.29) is 24.6 Å². The Morgan fingerprint density at radius 3 is 1.75 bits per heavy atom. The maximum atomic E-state index is 15.0. The fourth-order valence-corrected chi connectivity index (χ4v) is 9.42. The highest BCUT2D eigenvalue weighted by Gasteiger charge is 2.64. The van der Waals surface area contributed by atoms with Gasteiger partial charge in [-0.05, 0) is 69.5 Å². The minimum Gasteiger partial charge on any atom is -0.452 e. The summed E-state index contributed by atoms with van der Waals surface area (Å²) in [5, 5.41) is 13.8. The van der Waals surface area contributed by atoms with Crippen molar-refractivity contribution >= 4 is 11.8 Å². The molecule has 1 aliphatic rings. The topological polar surface area (TPSA) is 114 Å². The summed E-state index contributed by atoms with van der Waals surface area (Å²) in [5.41, 5.74) is 2.32. The lowest BCUT2D eigenvalue weighted by atomic mass is 9.77. The number of tetrazole rings is 1. The highest BCUT2D eigenvalue weighted by atomic mass is 19.4. The first-order valence-corrected chi connectivity index (χ1v) is 22.3. The summed E-state index contributed by atoms with van der Waals surface area (Å²) in [6.45, 7) is 1.83. The number of halogens is 3. The smallest absolute Gasteiger partial charge is 0.432 e. The SMILES string of the molecule is CC[C@H](OC(=O)[C@@](OC)(c1ccccc1)C(F)(F)F)c1nc2c(n1Cc1ccc(-c3ccccc3-c3nnnn3C(c3ccccc3)(c3ccccc3)c3ccccc3)cc1)C(=O)CCCC2. The lowest BCUT2D eigenvalue weighted by molar-refractivity contribution is -0.278. The molecule has 10 nitrogen and oxygen atoms in total. The molecule has 0 amide bonds. The van der Waals surface area contributed by atoms with Crippen LogP contribution in [0.15, 0.2) is 170 Å². The Kier molecular flexibility index (Phi) is 12.5. The largest absolute Gasteiger partial charge is 0.452 e. The van der Waals surface area contributed by atoms with Gasteiger partial charge in [-0.2, -0.15) is 13.2 Å². The van der Waals surface area contributed by atoms with Gasteiger partial charge in [0.05, 0.1) is 5.69 Å². The van der Waals surface area contributed by atoms with Gasteiger partial charge in [0, 0.05) is 31.2 Å². The normalized spacial score (nSPS) is 14.4. The molecule has 0 aliphatic heterocycles. The van der Waals surface area contributed by atoms with Crippen LogP contribution >= 0.6 is 0 Å². The number of carbonyl (C=O) groups excluding carboxylic acids is 2. The van der Waals surface area contributed by atoms with Crippen molar-refractivity contribution in [3.63, 3.8) is 0 Å². The highest BCUT2D eigenvalue weighted by molar-refractivity contribution is 5.96. The Bertz CT molecular complexity index is 2880. The second kappa shape index (κ2) is 18.8. The molecular formula is C54H47F3N6O4. The summed E-state index contributed by atoms with van der Waals surface area (Å²) in [7, 11) is 0.835. The lowest BCUT2D eigenvalue weighted by Gasteiger charge is -2.36. The molecule has 9 rings (SSSR count). The van der Waals surface area contributed by atoms with E-state index in [0.717, 1.165) is 46.1 Å². The summed E-state index contributed by atoms with van der Waals surface area (Å²) in [6, 6.07) is 53.0. The van der Waals surface area contributed by atoms with E-state index in [1.54, 1.807) is 17.6 Å². The molecule has 0 spiro atoms. The van der Waals surface area contributed by atoms with Gasteiger partial charge in [0.15, 0.2) is 23.5 Å². The van der Waals surface area contributed by atoms with Crippen molar-refractivity contribution in [1.82, 2.24) is 29.8 Å². The van der Waals surface area contributed by atoms with Gasteiger partial charge in [-0.25, -0.2) is 14.5 Å². The quantitative estimate of drug-likeness (QED) is 0.0602. The Morgan fingerprint density at radius 2 is 1.21 bits per heavy atom. The van der Waals surface area contributed by atoms with Crippen LogP contribution in [0.25, 0.3) is 22.5 Å². The fraction of sp³-hybridized carbons (Fsp3) is 0.222. The number of alkyl halides is 3. The number of ether oxygens (including phenoxy) is 2. The third-order valence-corrected chi connectivity index (χ3v) is 12.6. The molecule has 0 fully saturated rings. The van der Waals surface area contributed by atoms with Crippen LogP contribution in [0.3, 0.4) is 0 Å². The van der Waals surface area contributed by atoms with Crippen LogP contribution in [0.2, 0.25) is 0 Å². The van der Waals surface area contributed by atoms with Crippen LogP contribution in [0.5, 0.6) is 0 Å². The molecule has 13 heteroatoms. The van der Waals surface area contributed by atoms with Crippen LogP contribution in [-0.2, 0) is 38.4 Å². The molecule has 0 saturated carbocycles. The van der Waals surface area contributed by atoms with E-state index < -0.39 is 35.0 Å². The van der Waals surface area contributed by atoms with Crippen molar-refractivity contribution in [2.75, 3.05) is 7.11 Å². The predicted molar refractivity (Wildman–Crippen MR) is 247 cm³/mol. The monoisotopic (exact) mass is 900 g/mol. The van der Waals surface area contributed by atoms with Crippen molar-refractivity contribution in [3.05, 3.63) is 215 Å². The number of hydrogen-bond acceptors (Lipinski definition) is 8. The molecule has 0 saturated heterocycles. The van der Waals surface area contributed by atoms with Crippen LogP contribution in [0.4, 0.5) is 13.2 Å². The fourth-order valence-electron chi connectivity index (χ4n) is 9.42.